The molecule has 0 spiro atoms. The number of carbonyl (C=O) groups is 1. The summed E-state index contributed by atoms with van der Waals surface area (Å²) in [5.41, 5.74) is 2.39. The van der Waals surface area contributed by atoms with E-state index in [1.165, 1.54) is 11.1 Å². The highest BCUT2D eigenvalue weighted by atomic mass is 16.5. The summed E-state index contributed by atoms with van der Waals surface area (Å²) in [5.74, 6) is 0.772. The van der Waals surface area contributed by atoms with Gasteiger partial charge in [-0.1, -0.05) is 6.07 Å². The average molecular weight is 263 g/mol. The molecule has 1 heterocycles. The lowest BCUT2D eigenvalue weighted by Crippen LogP contribution is -2.37. The van der Waals surface area contributed by atoms with Crippen LogP contribution in [0.3, 0.4) is 0 Å². The van der Waals surface area contributed by atoms with Gasteiger partial charge in [0.05, 0.1) is 6.61 Å². The topological polar surface area (TPSA) is 38.8 Å². The molecule has 104 valence electrons. The summed E-state index contributed by atoms with van der Waals surface area (Å²) in [4.78, 5) is 13.4. The number of rotatable bonds is 5. The Morgan fingerprint density at radius 2 is 2.00 bits per heavy atom. The molecule has 4 nitrogen and oxygen atoms in total. The van der Waals surface area contributed by atoms with Crippen molar-refractivity contribution in [2.45, 2.75) is 26.3 Å². The second-order valence-corrected chi connectivity index (χ2v) is 5.12. The fourth-order valence-corrected chi connectivity index (χ4v) is 2.37. The number of nitrogens with zero attached hydrogens (tertiary/aromatic N) is 1. The molecule has 4 heteroatoms. The second kappa shape index (κ2) is 6.06. The Hall–Kier alpha value is -1.55. The van der Waals surface area contributed by atoms with Crippen LogP contribution in [0, 0.1) is 13.8 Å². The van der Waals surface area contributed by atoms with Gasteiger partial charge in [-0.2, -0.15) is 0 Å². The number of esters is 1. The Bertz CT molecular complexity index is 438. The van der Waals surface area contributed by atoms with Crippen molar-refractivity contribution in [2.75, 3.05) is 26.8 Å². The van der Waals surface area contributed by atoms with Gasteiger partial charge < -0.3 is 9.47 Å². The van der Waals surface area contributed by atoms with Crippen molar-refractivity contribution in [3.8, 4) is 5.75 Å². The maximum absolute atomic E-state index is 11.4. The van der Waals surface area contributed by atoms with Crippen molar-refractivity contribution < 1.29 is 14.3 Å². The number of likely N-dealkylation sites (N-methyl/N-ethyl adjacent to an activating group) is 1. The SMILES string of the molecule is Cc1cc(C)cc(OCCN(C)[C@@H]2CCOC2=O)c1. The van der Waals surface area contributed by atoms with Crippen LogP contribution in [-0.2, 0) is 9.53 Å². The van der Waals surface area contributed by atoms with E-state index < -0.39 is 0 Å². The van der Waals surface area contributed by atoms with Crippen LogP contribution in [0.1, 0.15) is 17.5 Å². The van der Waals surface area contributed by atoms with Crippen LogP contribution in [0.25, 0.3) is 0 Å². The van der Waals surface area contributed by atoms with Gasteiger partial charge >= 0.3 is 5.97 Å². The lowest BCUT2D eigenvalue weighted by Gasteiger charge is -2.20. The van der Waals surface area contributed by atoms with Crippen LogP contribution in [0.15, 0.2) is 18.2 Å². The fourth-order valence-electron chi connectivity index (χ4n) is 2.37. The molecule has 1 saturated heterocycles. The van der Waals surface area contributed by atoms with Gasteiger partial charge in [0.1, 0.15) is 18.4 Å². The summed E-state index contributed by atoms with van der Waals surface area (Å²) in [5, 5.41) is 0. The number of benzene rings is 1. The van der Waals surface area contributed by atoms with Crippen LogP contribution in [0.4, 0.5) is 0 Å². The van der Waals surface area contributed by atoms with Crippen molar-refractivity contribution in [3.63, 3.8) is 0 Å². The van der Waals surface area contributed by atoms with E-state index in [4.69, 9.17) is 9.47 Å². The molecule has 1 aliphatic rings. The first kappa shape index (κ1) is 13.9. The number of carbonyl (C=O) groups excluding carboxylic acids is 1. The minimum Gasteiger partial charge on any atom is -0.492 e. The van der Waals surface area contributed by atoms with Gasteiger partial charge in [0, 0.05) is 13.0 Å². The standard InChI is InChI=1S/C15H21NO3/c1-11-8-12(2)10-13(9-11)18-7-5-16(3)14-4-6-19-15(14)17/h8-10,14H,4-7H2,1-3H3/t14-/m1/s1. The van der Waals surface area contributed by atoms with Gasteiger partial charge in [0.25, 0.3) is 0 Å². The zero-order valence-corrected chi connectivity index (χ0v) is 11.8. The van der Waals surface area contributed by atoms with Crippen LogP contribution in [0.2, 0.25) is 0 Å². The Labute approximate surface area is 114 Å². The van der Waals surface area contributed by atoms with Gasteiger partial charge in [-0.05, 0) is 44.2 Å². The molecule has 0 aliphatic carbocycles. The molecule has 2 rings (SSSR count). The van der Waals surface area contributed by atoms with Gasteiger partial charge in [0.2, 0.25) is 0 Å². The lowest BCUT2D eigenvalue weighted by atomic mass is 10.1. The van der Waals surface area contributed by atoms with Gasteiger partial charge in [-0.25, -0.2) is 0 Å². The first-order chi connectivity index (χ1) is 9.06. The number of cyclic esters (lactones) is 1. The molecule has 19 heavy (non-hydrogen) atoms. The molecular formula is C15H21NO3. The molecule has 1 atom stereocenters. The molecule has 0 radical (unpaired) electrons. The molecule has 0 aromatic heterocycles. The summed E-state index contributed by atoms with van der Waals surface area (Å²) in [6, 6.07) is 6.06. The average Bonchev–Trinajstić information content (AvgIpc) is 2.74. The summed E-state index contributed by atoms with van der Waals surface area (Å²) in [6.07, 6.45) is 0.777. The van der Waals surface area contributed by atoms with Crippen LogP contribution in [-0.4, -0.2) is 43.7 Å². The van der Waals surface area contributed by atoms with E-state index >= 15 is 0 Å². The quantitative estimate of drug-likeness (QED) is 0.761. The number of ether oxygens (including phenoxy) is 2. The number of hydrogen-bond donors (Lipinski definition) is 0. The molecule has 1 aromatic carbocycles. The molecule has 1 aromatic rings. The van der Waals surface area contributed by atoms with E-state index in [0.29, 0.717) is 19.8 Å². The molecule has 0 bridgehead atoms. The predicted octanol–water partition coefficient (Wildman–Crippen LogP) is 1.93. The smallest absolute Gasteiger partial charge is 0.323 e. The molecule has 0 saturated carbocycles. The monoisotopic (exact) mass is 263 g/mol. The summed E-state index contributed by atoms with van der Waals surface area (Å²) in [7, 11) is 1.93. The third kappa shape index (κ3) is 3.70. The zero-order valence-electron chi connectivity index (χ0n) is 11.8. The van der Waals surface area contributed by atoms with Gasteiger partial charge in [0.15, 0.2) is 0 Å². The second-order valence-electron chi connectivity index (χ2n) is 5.12. The molecule has 0 N–H and O–H groups in total. The predicted molar refractivity (Wildman–Crippen MR) is 73.4 cm³/mol. The van der Waals surface area contributed by atoms with E-state index in [2.05, 4.69) is 19.9 Å². The van der Waals surface area contributed by atoms with Crippen LogP contribution < -0.4 is 4.74 Å². The normalized spacial score (nSPS) is 18.7. The van der Waals surface area contributed by atoms with Crippen molar-refractivity contribution in [1.29, 1.82) is 0 Å². The van der Waals surface area contributed by atoms with Gasteiger partial charge in [-0.3, -0.25) is 9.69 Å². The maximum Gasteiger partial charge on any atom is 0.323 e. The lowest BCUT2D eigenvalue weighted by molar-refractivity contribution is -0.142. The highest BCUT2D eigenvalue weighted by Gasteiger charge is 2.29. The number of aryl methyl sites for hydroxylation is 2. The van der Waals surface area contributed by atoms with Crippen LogP contribution >= 0.6 is 0 Å². The Balaban J connectivity index is 1.81. The fraction of sp³-hybridized carbons (Fsp3) is 0.533. The van der Waals surface area contributed by atoms with E-state index in [0.717, 1.165) is 12.2 Å². The molecule has 1 fully saturated rings. The number of hydrogen-bond acceptors (Lipinski definition) is 4. The summed E-state index contributed by atoms with van der Waals surface area (Å²) < 4.78 is 10.7. The highest BCUT2D eigenvalue weighted by Crippen LogP contribution is 2.16. The third-order valence-electron chi connectivity index (χ3n) is 3.35. The Morgan fingerprint density at radius 3 is 2.58 bits per heavy atom. The summed E-state index contributed by atoms with van der Waals surface area (Å²) in [6.45, 7) is 5.93. The van der Waals surface area contributed by atoms with E-state index in [9.17, 15) is 4.79 Å². The molecule has 0 unspecified atom stereocenters. The maximum atomic E-state index is 11.4. The third-order valence-corrected chi connectivity index (χ3v) is 3.35. The highest BCUT2D eigenvalue weighted by molar-refractivity contribution is 5.77. The minimum atomic E-state index is -0.117. The molecule has 0 amide bonds. The van der Waals surface area contributed by atoms with Gasteiger partial charge in [-0.15, -0.1) is 0 Å². The van der Waals surface area contributed by atoms with Crippen molar-refractivity contribution in [3.05, 3.63) is 29.3 Å². The summed E-state index contributed by atoms with van der Waals surface area (Å²) >= 11 is 0. The van der Waals surface area contributed by atoms with E-state index in [-0.39, 0.29) is 12.0 Å². The van der Waals surface area contributed by atoms with Crippen molar-refractivity contribution in [2.24, 2.45) is 0 Å². The largest absolute Gasteiger partial charge is 0.492 e. The van der Waals surface area contributed by atoms with Crippen molar-refractivity contribution >= 4 is 5.97 Å². The van der Waals surface area contributed by atoms with Crippen molar-refractivity contribution in [1.82, 2.24) is 4.90 Å². The molecular weight excluding hydrogens is 242 g/mol. The first-order valence-corrected chi connectivity index (χ1v) is 6.64. The van der Waals surface area contributed by atoms with E-state index in [1.54, 1.807) is 0 Å². The molecule has 1 aliphatic heterocycles. The van der Waals surface area contributed by atoms with E-state index in [1.807, 2.05) is 24.1 Å². The van der Waals surface area contributed by atoms with Crippen LogP contribution in [0.5, 0.6) is 5.75 Å². The minimum absolute atomic E-state index is 0.108. The first-order valence-electron chi connectivity index (χ1n) is 6.64. The Kier molecular flexibility index (Phi) is 4.43. The Morgan fingerprint density at radius 1 is 1.32 bits per heavy atom. The zero-order chi connectivity index (χ0) is 13.8.